The molecule has 2 heteroatoms. The molecule has 0 spiro atoms. The van der Waals surface area contributed by atoms with E-state index in [0.29, 0.717) is 7.35 Å². The Hall–Kier alpha value is -2.55. The Labute approximate surface area is 280 Å². The third-order valence-electron chi connectivity index (χ3n) is 11.4. The van der Waals surface area contributed by atoms with Gasteiger partial charge in [0.25, 0.3) is 0 Å². The summed E-state index contributed by atoms with van der Waals surface area (Å²) in [6, 6.07) is 32.6. The molecule has 0 heterocycles. The quantitative estimate of drug-likeness (QED) is 0.171. The summed E-state index contributed by atoms with van der Waals surface area (Å²) >= 11 is -4.16. The van der Waals surface area contributed by atoms with Crippen LogP contribution < -0.4 is 0 Å². The number of fused-ring (bicyclic) bond motifs is 2. The van der Waals surface area contributed by atoms with E-state index in [9.17, 15) is 0 Å². The van der Waals surface area contributed by atoms with Gasteiger partial charge in [0.05, 0.1) is 0 Å². The van der Waals surface area contributed by atoms with Crippen molar-refractivity contribution in [2.75, 3.05) is 0 Å². The summed E-state index contributed by atoms with van der Waals surface area (Å²) < 4.78 is 6.82. The predicted octanol–water partition coefficient (Wildman–Crippen LogP) is 13.4. The van der Waals surface area contributed by atoms with Gasteiger partial charge < -0.3 is 0 Å². The summed E-state index contributed by atoms with van der Waals surface area (Å²) in [4.78, 5) is 0. The zero-order valence-corrected chi connectivity index (χ0v) is 34.6. The summed E-state index contributed by atoms with van der Waals surface area (Å²) in [7, 11) is 0. The van der Waals surface area contributed by atoms with E-state index >= 15 is 0 Å². The number of allylic oxidation sites excluding steroid dienone is 2. The molecular weight excluding hydrogens is 735 g/mol. The normalized spacial score (nSPS) is 17.7. The van der Waals surface area contributed by atoms with Crippen molar-refractivity contribution in [1.29, 1.82) is 0 Å². The second kappa shape index (κ2) is 11.8. The number of hydrogen-bond acceptors (Lipinski definition) is 0. The van der Waals surface area contributed by atoms with E-state index in [1.54, 1.807) is 11.1 Å². The SMILES string of the molecule is CCc1ccccc1-c1cccc2c1C=C[CH]2[Hf]([CH3])([CH3])([CH]1C=Cc2c(-c3ccccc3CC)cccc21)=[Si](C(C)(C)C)C(C)(C)C. The molecule has 0 nitrogen and oxygen atoms in total. The molecule has 0 bridgehead atoms. The predicted molar refractivity (Wildman–Crippen MR) is 203 cm³/mol. The van der Waals surface area contributed by atoms with Crippen LogP contribution in [0.3, 0.4) is 0 Å². The topological polar surface area (TPSA) is 0 Å². The van der Waals surface area contributed by atoms with E-state index < -0.39 is 22.6 Å². The van der Waals surface area contributed by atoms with E-state index in [1.807, 2.05) is 0 Å². The number of benzene rings is 4. The van der Waals surface area contributed by atoms with Gasteiger partial charge in [-0.05, 0) is 0 Å². The summed E-state index contributed by atoms with van der Waals surface area (Å²) in [6.07, 6.45) is 12.6. The van der Waals surface area contributed by atoms with E-state index in [2.05, 4.69) is 174 Å². The van der Waals surface area contributed by atoms with Crippen molar-refractivity contribution in [2.24, 2.45) is 0 Å². The zero-order chi connectivity index (χ0) is 33.1. The molecule has 0 saturated heterocycles. The first-order valence-electron chi connectivity index (χ1n) is 17.6. The van der Waals surface area contributed by atoms with Gasteiger partial charge in [-0.25, -0.2) is 0 Å². The average Bonchev–Trinajstić information content (AvgIpc) is 3.66. The van der Waals surface area contributed by atoms with Crippen molar-refractivity contribution < 1.29 is 17.1 Å². The van der Waals surface area contributed by atoms with Crippen molar-refractivity contribution in [2.45, 2.75) is 95.0 Å². The zero-order valence-electron chi connectivity index (χ0n) is 30.0. The second-order valence-electron chi connectivity index (χ2n) is 16.8. The van der Waals surface area contributed by atoms with Gasteiger partial charge in [0.1, 0.15) is 0 Å². The van der Waals surface area contributed by atoms with Gasteiger partial charge in [0.2, 0.25) is 0 Å². The Morgan fingerprint density at radius 2 is 0.891 bits per heavy atom. The Morgan fingerprint density at radius 3 is 1.26 bits per heavy atom. The number of rotatable bonds is 6. The molecule has 0 aliphatic heterocycles. The van der Waals surface area contributed by atoms with Gasteiger partial charge in [0, 0.05) is 0 Å². The minimum atomic E-state index is -4.16. The Balaban J connectivity index is 1.66. The molecule has 2 aliphatic rings. The van der Waals surface area contributed by atoms with Crippen LogP contribution in [-0.4, -0.2) is 5.49 Å². The molecule has 0 N–H and O–H groups in total. The van der Waals surface area contributed by atoms with E-state index in [0.717, 1.165) is 12.8 Å². The summed E-state index contributed by atoms with van der Waals surface area (Å²) in [5.41, 5.74) is 13.7. The molecule has 4 aromatic rings. The van der Waals surface area contributed by atoms with Crippen molar-refractivity contribution in [3.8, 4) is 22.3 Å². The van der Waals surface area contributed by atoms with Crippen LogP contribution in [0.4, 0.5) is 0 Å². The number of hydrogen-bond donors (Lipinski definition) is 0. The summed E-state index contributed by atoms with van der Waals surface area (Å²) in [5, 5.41) is 0.516. The molecule has 4 aromatic carbocycles. The molecule has 2 unspecified atom stereocenters. The maximum atomic E-state index is 2.91. The van der Waals surface area contributed by atoms with E-state index in [-0.39, 0.29) is 10.1 Å². The third-order valence-corrected chi connectivity index (χ3v) is 71.6. The Morgan fingerprint density at radius 1 is 0.522 bits per heavy atom. The van der Waals surface area contributed by atoms with Crippen molar-refractivity contribution in [3.63, 3.8) is 0 Å². The molecule has 6 rings (SSSR count). The fraction of sp³-hybridized carbons (Fsp3) is 0.364. The van der Waals surface area contributed by atoms with Crippen LogP contribution in [0.5, 0.6) is 0 Å². The second-order valence-corrected chi connectivity index (χ2v) is 62.1. The molecular formula is C44H54HfSi. The first-order valence-corrected chi connectivity index (χ1v) is 35.8. The molecule has 2 atom stereocenters. The van der Waals surface area contributed by atoms with Crippen LogP contribution >= 0.6 is 0 Å². The molecule has 2 aliphatic carbocycles. The molecule has 0 saturated carbocycles. The van der Waals surface area contributed by atoms with Gasteiger partial charge in [-0.1, -0.05) is 0 Å². The Kier molecular flexibility index (Phi) is 8.59. The van der Waals surface area contributed by atoms with Gasteiger partial charge in [-0.3, -0.25) is 0 Å². The van der Waals surface area contributed by atoms with E-state index in [1.165, 1.54) is 44.5 Å². The van der Waals surface area contributed by atoms with Crippen LogP contribution in [0.2, 0.25) is 19.4 Å². The van der Waals surface area contributed by atoms with Gasteiger partial charge in [-0.2, -0.15) is 0 Å². The molecule has 0 amide bonds. The molecule has 46 heavy (non-hydrogen) atoms. The van der Waals surface area contributed by atoms with E-state index in [4.69, 9.17) is 0 Å². The molecule has 0 radical (unpaired) electrons. The standard InChI is InChI=1S/2C17H15.C8H18Si.2CH3.Hf/c2*1-2-13-7-3-4-10-15(13)17-12-6-9-14-8-5-11-16(14)17;1-7(2,3)9-8(4,5)6;;;/h2*3-12H,2H2,1H3;1-6H3;2*1H3;. The monoisotopic (exact) mass is 790 g/mol. The van der Waals surface area contributed by atoms with Crippen molar-refractivity contribution in [3.05, 3.63) is 130 Å². The number of aryl methyl sites for hydroxylation is 2. The summed E-state index contributed by atoms with van der Waals surface area (Å²) in [5.74, 6) is 0. The summed E-state index contributed by atoms with van der Waals surface area (Å²) in [6.45, 7) is 20.0. The average molecular weight is 789 g/mol. The van der Waals surface area contributed by atoms with Crippen LogP contribution in [0.15, 0.2) is 97.1 Å². The van der Waals surface area contributed by atoms with Crippen LogP contribution in [0.1, 0.15) is 96.1 Å². The molecule has 0 fully saturated rings. The van der Waals surface area contributed by atoms with Gasteiger partial charge >= 0.3 is 283 Å². The van der Waals surface area contributed by atoms with Crippen LogP contribution in [0, 0.1) is 0 Å². The van der Waals surface area contributed by atoms with Crippen molar-refractivity contribution >= 4 is 17.6 Å². The first-order chi connectivity index (χ1) is 21.7. The minimum absolute atomic E-state index is 0.258. The molecule has 0 aromatic heterocycles. The Bertz CT molecular complexity index is 1810. The first kappa shape index (κ1) is 33.4. The van der Waals surface area contributed by atoms with Crippen molar-refractivity contribution in [1.82, 2.24) is 0 Å². The maximum absolute atomic E-state index is 4.16. The molecule has 238 valence electrons. The fourth-order valence-corrected chi connectivity index (χ4v) is 95.3. The van der Waals surface area contributed by atoms with Gasteiger partial charge in [0.15, 0.2) is 0 Å². The fourth-order valence-electron chi connectivity index (χ4n) is 10.9. The van der Waals surface area contributed by atoms with Gasteiger partial charge in [-0.15, -0.1) is 0 Å². The van der Waals surface area contributed by atoms with Crippen LogP contribution in [-0.2, 0) is 30.0 Å². The third kappa shape index (κ3) is 5.27. The van der Waals surface area contributed by atoms with Crippen LogP contribution in [0.25, 0.3) is 34.4 Å².